The van der Waals surface area contributed by atoms with E-state index in [4.69, 9.17) is 20.7 Å². The molecule has 0 aromatic heterocycles. The molecule has 2 heterocycles. The van der Waals surface area contributed by atoms with E-state index >= 15 is 0 Å². The van der Waals surface area contributed by atoms with Crippen LogP contribution in [0.5, 0.6) is 0 Å². The Morgan fingerprint density at radius 2 is 1.12 bits per heavy atom. The van der Waals surface area contributed by atoms with Gasteiger partial charge in [0, 0.05) is 31.6 Å². The summed E-state index contributed by atoms with van der Waals surface area (Å²) in [5, 5.41) is 17.5. The van der Waals surface area contributed by atoms with Gasteiger partial charge in [0.25, 0.3) is 0 Å². The molecule has 0 spiro atoms. The summed E-state index contributed by atoms with van der Waals surface area (Å²) in [6.45, 7) is 6.22. The van der Waals surface area contributed by atoms with Gasteiger partial charge >= 0.3 is 5.97 Å². The van der Waals surface area contributed by atoms with E-state index in [-0.39, 0.29) is 49.1 Å². The zero-order valence-corrected chi connectivity index (χ0v) is 38.7. The summed E-state index contributed by atoms with van der Waals surface area (Å²) in [7, 11) is 0. The van der Waals surface area contributed by atoms with Crippen LogP contribution in [0, 0.1) is 18.8 Å². The predicted molar refractivity (Wildman–Crippen MR) is 268 cm³/mol. The first-order valence-electron chi connectivity index (χ1n) is 22.9. The Morgan fingerprint density at radius 1 is 0.672 bits per heavy atom. The molecule has 0 saturated carbocycles. The number of fused-ring (bicyclic) bond motifs is 1. The van der Waals surface area contributed by atoms with Crippen molar-refractivity contribution in [1.29, 1.82) is 0 Å². The van der Waals surface area contributed by atoms with Crippen molar-refractivity contribution in [3.05, 3.63) is 228 Å². The van der Waals surface area contributed by atoms with Crippen LogP contribution in [0.4, 0.5) is 0 Å². The van der Waals surface area contributed by atoms with Gasteiger partial charge in [0.15, 0.2) is 0 Å². The van der Waals surface area contributed by atoms with Crippen LogP contribution < -0.4 is 5.73 Å². The van der Waals surface area contributed by atoms with Gasteiger partial charge in [0.05, 0.1) is 31.2 Å². The van der Waals surface area contributed by atoms with E-state index in [0.29, 0.717) is 6.61 Å². The summed E-state index contributed by atoms with van der Waals surface area (Å²) in [6, 6.07) is 66.7. The number of rotatable bonds is 12. The van der Waals surface area contributed by atoms with E-state index in [1.807, 2.05) is 139 Å². The van der Waals surface area contributed by atoms with E-state index in [9.17, 15) is 14.4 Å². The second-order valence-corrected chi connectivity index (χ2v) is 17.3. The molecule has 5 atom stereocenters. The molecular formula is C59H62N2O6. The quantitative estimate of drug-likeness (QED) is 0.111. The summed E-state index contributed by atoms with van der Waals surface area (Å²) < 4.78 is 6.40. The number of aliphatic carboxylic acids is 1. The van der Waals surface area contributed by atoms with E-state index in [1.54, 1.807) is 6.92 Å². The van der Waals surface area contributed by atoms with Gasteiger partial charge in [-0.05, 0) is 51.4 Å². The number of carboxylic acids is 1. The third kappa shape index (κ3) is 14.0. The molecule has 67 heavy (non-hydrogen) atoms. The molecule has 0 unspecified atom stereocenters. The average molecular weight is 895 g/mol. The predicted octanol–water partition coefficient (Wildman–Crippen LogP) is 11.5. The number of ether oxygens (including phenoxy) is 1. The molecule has 8 nitrogen and oxygen atoms in total. The van der Waals surface area contributed by atoms with Crippen molar-refractivity contribution in [2.24, 2.45) is 17.6 Å². The van der Waals surface area contributed by atoms with Crippen molar-refractivity contribution < 1.29 is 29.3 Å². The molecule has 9 rings (SSSR count). The lowest BCUT2D eigenvalue weighted by atomic mass is 9.95. The fourth-order valence-electron chi connectivity index (χ4n) is 8.38. The summed E-state index contributed by atoms with van der Waals surface area (Å²) in [4.78, 5) is 37.6. The summed E-state index contributed by atoms with van der Waals surface area (Å²) >= 11 is 0. The number of nitrogens with two attached hydrogens (primary N) is 1. The number of aliphatic hydroxyl groups excluding tert-OH is 1. The fraction of sp³-hybridized carbons (Fsp3) is 0.237. The van der Waals surface area contributed by atoms with Gasteiger partial charge in [-0.2, -0.15) is 0 Å². The minimum absolute atomic E-state index is 0.00255. The maximum absolute atomic E-state index is 13.1. The number of nitrogens with zero attached hydrogens (tertiary/aromatic N) is 1. The molecule has 7 aromatic carbocycles. The molecule has 7 aromatic rings. The summed E-state index contributed by atoms with van der Waals surface area (Å²) in [5.41, 5.74) is 15.2. The van der Waals surface area contributed by atoms with E-state index in [0.717, 1.165) is 40.7 Å². The Morgan fingerprint density at radius 3 is 1.58 bits per heavy atom. The molecule has 0 radical (unpaired) electrons. The topological polar surface area (TPSA) is 130 Å². The van der Waals surface area contributed by atoms with Gasteiger partial charge in [-0.3, -0.25) is 14.4 Å². The Bertz CT molecular complexity index is 2580. The second-order valence-electron chi connectivity index (χ2n) is 17.3. The first kappa shape index (κ1) is 49.5. The molecule has 2 aliphatic rings. The molecule has 1 amide bonds. The van der Waals surface area contributed by atoms with Crippen LogP contribution >= 0.6 is 0 Å². The van der Waals surface area contributed by atoms with Crippen molar-refractivity contribution >= 4 is 17.7 Å². The van der Waals surface area contributed by atoms with Crippen LogP contribution in [0.3, 0.4) is 0 Å². The first-order valence-corrected chi connectivity index (χ1v) is 22.9. The molecule has 344 valence electrons. The highest BCUT2D eigenvalue weighted by Gasteiger charge is 2.57. The van der Waals surface area contributed by atoms with Crippen molar-refractivity contribution in [3.8, 4) is 22.3 Å². The molecule has 2 aliphatic heterocycles. The molecule has 0 bridgehead atoms. The minimum Gasteiger partial charge on any atom is -0.481 e. The van der Waals surface area contributed by atoms with Crippen LogP contribution in [0.1, 0.15) is 66.6 Å². The lowest BCUT2D eigenvalue weighted by molar-refractivity contribution is -0.143. The number of amides is 1. The standard InChI is InChI=1S/C26H25NO2.C18H18O3.C8H11NO.C7H8/c1-19-16-26(17-20-12-14-22(15-13-20)21-8-4-2-5-9-21)27(25(19)28)24(18-29-26)23-10-6-3-7-11-23;1-13(18(20)21)11-17(19)12-14-7-9-16(10-8-14)15-5-3-2-4-6-15;9-8(6-10)7-4-2-1-3-5-7;1-7-5-3-2-4-6-7/h2-15,19,24H,16-18H2,1H3;2-10,13H,11-12H2,1H3,(H,20,21);1-5,8,10H,6,9H2;2-6H,1H3/t19-,24+,26-;13-;8-;/m110./s1. The number of carbonyl (C=O) groups is 3. The highest BCUT2D eigenvalue weighted by atomic mass is 16.5. The van der Waals surface area contributed by atoms with Crippen LogP contribution in [-0.2, 0) is 32.0 Å². The minimum atomic E-state index is -0.928. The van der Waals surface area contributed by atoms with Crippen LogP contribution in [0.2, 0.25) is 0 Å². The van der Waals surface area contributed by atoms with Gasteiger partial charge in [0.2, 0.25) is 5.91 Å². The monoisotopic (exact) mass is 894 g/mol. The molecular weight excluding hydrogens is 833 g/mol. The molecule has 2 fully saturated rings. The maximum Gasteiger partial charge on any atom is 0.306 e. The fourth-order valence-corrected chi connectivity index (χ4v) is 8.38. The lowest BCUT2D eigenvalue weighted by Gasteiger charge is -2.33. The maximum atomic E-state index is 13.1. The molecule has 4 N–H and O–H groups in total. The number of ketones is 1. The lowest BCUT2D eigenvalue weighted by Crippen LogP contribution is -2.44. The number of carboxylic acid groups (broad SMARTS) is 1. The number of aliphatic hydroxyl groups is 1. The van der Waals surface area contributed by atoms with Crippen molar-refractivity contribution in [3.63, 3.8) is 0 Å². The SMILES string of the molecule is C[C@@H]1C[C@]2(Cc3ccc(-c4ccccc4)cc3)OC[C@@H](c3ccccc3)N2C1=O.C[C@H](CC(=O)Cc1ccc(-c2ccccc2)cc1)C(=O)O.Cc1ccccc1.N[C@@H](CO)c1ccccc1. The van der Waals surface area contributed by atoms with E-state index in [1.165, 1.54) is 22.3 Å². The Hall–Kier alpha value is -6.97. The zero-order valence-electron chi connectivity index (χ0n) is 38.7. The molecule has 0 aliphatic carbocycles. The first-order chi connectivity index (χ1) is 32.5. The van der Waals surface area contributed by atoms with Crippen LogP contribution in [0.15, 0.2) is 200 Å². The van der Waals surface area contributed by atoms with Crippen molar-refractivity contribution in [1.82, 2.24) is 4.90 Å². The Labute approximate surface area is 395 Å². The van der Waals surface area contributed by atoms with Crippen LogP contribution in [0.25, 0.3) is 22.3 Å². The van der Waals surface area contributed by atoms with E-state index < -0.39 is 17.6 Å². The molecule has 8 heteroatoms. The third-order valence-electron chi connectivity index (χ3n) is 12.1. The number of aryl methyl sites for hydroxylation is 1. The smallest absolute Gasteiger partial charge is 0.306 e. The van der Waals surface area contributed by atoms with Gasteiger partial charge in [-0.15, -0.1) is 0 Å². The highest BCUT2D eigenvalue weighted by molar-refractivity contribution is 5.85. The Kier molecular flexibility index (Phi) is 18.1. The zero-order chi connectivity index (χ0) is 47.6. The Balaban J connectivity index is 0.000000169. The number of carbonyl (C=O) groups excluding carboxylic acids is 2. The van der Waals surface area contributed by atoms with Crippen molar-refractivity contribution in [2.45, 2.75) is 64.3 Å². The van der Waals surface area contributed by atoms with Crippen molar-refractivity contribution in [2.75, 3.05) is 13.2 Å². The highest BCUT2D eigenvalue weighted by Crippen LogP contribution is 2.48. The van der Waals surface area contributed by atoms with E-state index in [2.05, 4.69) is 79.7 Å². The normalized spacial score (nSPS) is 17.8. The van der Waals surface area contributed by atoms with Gasteiger partial charge < -0.3 is 25.6 Å². The molecule has 2 saturated heterocycles. The van der Waals surface area contributed by atoms with Gasteiger partial charge in [0.1, 0.15) is 11.5 Å². The average Bonchev–Trinajstić information content (AvgIpc) is 3.85. The number of benzene rings is 7. The third-order valence-corrected chi connectivity index (χ3v) is 12.1. The van der Waals surface area contributed by atoms with Gasteiger partial charge in [-0.25, -0.2) is 0 Å². The van der Waals surface area contributed by atoms with Crippen LogP contribution in [-0.4, -0.2) is 51.7 Å². The largest absolute Gasteiger partial charge is 0.481 e. The second kappa shape index (κ2) is 24.5. The number of hydrogen-bond donors (Lipinski definition) is 3. The number of hydrogen-bond acceptors (Lipinski definition) is 6. The number of Topliss-reactive ketones (excluding diaryl/α,β-unsaturated/α-hetero) is 1. The summed E-state index contributed by atoms with van der Waals surface area (Å²) in [5.74, 6) is -1.40. The summed E-state index contributed by atoms with van der Waals surface area (Å²) in [6.07, 6.45) is 1.83. The van der Waals surface area contributed by atoms with Gasteiger partial charge in [-0.1, -0.05) is 220 Å².